The number of guanidine groups is 1. The van der Waals surface area contributed by atoms with Gasteiger partial charge in [-0.3, -0.25) is 14.4 Å². The molecule has 0 saturated carbocycles. The molecule has 208 valence electrons. The number of carbonyl (C=O) groups excluding carboxylic acids is 2. The predicted molar refractivity (Wildman–Crippen MR) is 150 cm³/mol. The summed E-state index contributed by atoms with van der Waals surface area (Å²) in [6.07, 6.45) is -0.325. The maximum Gasteiger partial charge on any atom is 0.305 e. The SMILES string of the molecule is COCCOc1ccc(NC(=O)c2sc(N=C(N)N)nc2C)cc1C(=O)NC(CC(=O)O)c1ccccc1.Cl. The lowest BCUT2D eigenvalue weighted by atomic mass is 10.0. The molecule has 0 radical (unpaired) electrons. The maximum atomic E-state index is 13.4. The molecule has 0 saturated heterocycles. The molecule has 0 aliphatic rings. The van der Waals surface area contributed by atoms with Crippen LogP contribution in [0.3, 0.4) is 0 Å². The Morgan fingerprint density at radius 3 is 2.46 bits per heavy atom. The molecule has 0 aliphatic heterocycles. The highest BCUT2D eigenvalue weighted by molar-refractivity contribution is 7.17. The van der Waals surface area contributed by atoms with Gasteiger partial charge in [0.15, 0.2) is 5.96 Å². The summed E-state index contributed by atoms with van der Waals surface area (Å²) in [4.78, 5) is 46.1. The molecule has 0 aliphatic carbocycles. The fraction of sp³-hybridized carbons (Fsp3) is 0.240. The highest BCUT2D eigenvalue weighted by Crippen LogP contribution is 2.28. The monoisotopic (exact) mass is 576 g/mol. The summed E-state index contributed by atoms with van der Waals surface area (Å²) >= 11 is 1.01. The van der Waals surface area contributed by atoms with Crippen molar-refractivity contribution >= 4 is 58.3 Å². The van der Waals surface area contributed by atoms with Gasteiger partial charge >= 0.3 is 5.97 Å². The number of methoxy groups -OCH3 is 1. The van der Waals surface area contributed by atoms with Crippen molar-refractivity contribution in [2.75, 3.05) is 25.6 Å². The fourth-order valence-electron chi connectivity index (χ4n) is 3.43. The second-order valence-electron chi connectivity index (χ2n) is 7.99. The first kappa shape index (κ1) is 31.0. The molecule has 3 aromatic rings. The van der Waals surface area contributed by atoms with Crippen molar-refractivity contribution in [2.45, 2.75) is 19.4 Å². The number of thiazole rings is 1. The molecule has 1 heterocycles. The number of hydrogen-bond donors (Lipinski definition) is 5. The number of benzene rings is 2. The zero-order chi connectivity index (χ0) is 27.7. The van der Waals surface area contributed by atoms with E-state index in [0.717, 1.165) is 11.3 Å². The molecular formula is C25H29ClN6O6S. The highest BCUT2D eigenvalue weighted by Gasteiger charge is 2.22. The van der Waals surface area contributed by atoms with Gasteiger partial charge in [-0.1, -0.05) is 41.7 Å². The topological polar surface area (TPSA) is 191 Å². The number of hydrogen-bond acceptors (Lipinski definition) is 8. The van der Waals surface area contributed by atoms with Crippen LogP contribution in [0.5, 0.6) is 5.75 Å². The Balaban J connectivity index is 0.00000533. The molecule has 1 unspecified atom stereocenters. The molecule has 0 bridgehead atoms. The van der Waals surface area contributed by atoms with Crippen LogP contribution in [0.15, 0.2) is 53.5 Å². The number of carbonyl (C=O) groups is 3. The van der Waals surface area contributed by atoms with Gasteiger partial charge in [-0.15, -0.1) is 12.4 Å². The van der Waals surface area contributed by atoms with E-state index in [4.69, 9.17) is 20.9 Å². The minimum atomic E-state index is -1.07. The molecule has 2 aromatic carbocycles. The predicted octanol–water partition coefficient (Wildman–Crippen LogP) is 3.00. The lowest BCUT2D eigenvalue weighted by molar-refractivity contribution is -0.137. The zero-order valence-corrected chi connectivity index (χ0v) is 22.8. The summed E-state index contributed by atoms with van der Waals surface area (Å²) < 4.78 is 10.7. The number of aliphatic carboxylic acids is 1. The van der Waals surface area contributed by atoms with E-state index >= 15 is 0 Å². The summed E-state index contributed by atoms with van der Waals surface area (Å²) in [6, 6.07) is 12.5. The van der Waals surface area contributed by atoms with Gasteiger partial charge in [0.1, 0.15) is 17.2 Å². The Morgan fingerprint density at radius 2 is 1.82 bits per heavy atom. The van der Waals surface area contributed by atoms with Crippen LogP contribution in [0.4, 0.5) is 10.8 Å². The summed E-state index contributed by atoms with van der Waals surface area (Å²) in [5, 5.41) is 15.1. The van der Waals surface area contributed by atoms with Gasteiger partial charge in [0, 0.05) is 12.8 Å². The Morgan fingerprint density at radius 1 is 1.10 bits per heavy atom. The molecule has 1 aromatic heterocycles. The lowest BCUT2D eigenvalue weighted by Gasteiger charge is -2.19. The number of aryl methyl sites for hydroxylation is 1. The Labute approximate surface area is 234 Å². The Hall–Kier alpha value is -4.20. The van der Waals surface area contributed by atoms with Gasteiger partial charge in [-0.2, -0.15) is 4.99 Å². The van der Waals surface area contributed by atoms with Gasteiger partial charge in [0.2, 0.25) is 5.13 Å². The summed E-state index contributed by atoms with van der Waals surface area (Å²) in [5.74, 6) is -2.06. The van der Waals surface area contributed by atoms with Crippen LogP contribution >= 0.6 is 23.7 Å². The molecule has 2 amide bonds. The number of ether oxygens (including phenoxy) is 2. The maximum absolute atomic E-state index is 13.4. The largest absolute Gasteiger partial charge is 0.490 e. The minimum absolute atomic E-state index is 0. The normalized spacial score (nSPS) is 11.0. The van der Waals surface area contributed by atoms with E-state index in [2.05, 4.69) is 20.6 Å². The van der Waals surface area contributed by atoms with Gasteiger partial charge in [-0.05, 0) is 30.7 Å². The number of anilines is 1. The van der Waals surface area contributed by atoms with Crippen molar-refractivity contribution in [3.05, 3.63) is 70.2 Å². The van der Waals surface area contributed by atoms with Crippen LogP contribution in [0.25, 0.3) is 0 Å². The van der Waals surface area contributed by atoms with Crippen LogP contribution in [0.2, 0.25) is 0 Å². The quantitative estimate of drug-likeness (QED) is 0.122. The highest BCUT2D eigenvalue weighted by atomic mass is 35.5. The third kappa shape index (κ3) is 8.95. The average Bonchev–Trinajstić information content (AvgIpc) is 3.23. The first-order valence-electron chi connectivity index (χ1n) is 11.4. The molecule has 39 heavy (non-hydrogen) atoms. The molecule has 1 atom stereocenters. The van der Waals surface area contributed by atoms with Crippen molar-refractivity contribution in [1.29, 1.82) is 0 Å². The van der Waals surface area contributed by atoms with Crippen LogP contribution in [-0.2, 0) is 9.53 Å². The Bertz CT molecular complexity index is 1330. The molecular weight excluding hydrogens is 548 g/mol. The fourth-order valence-corrected chi connectivity index (χ4v) is 4.29. The van der Waals surface area contributed by atoms with Crippen molar-refractivity contribution in [3.63, 3.8) is 0 Å². The number of aromatic nitrogens is 1. The first-order valence-corrected chi connectivity index (χ1v) is 12.2. The van der Waals surface area contributed by atoms with E-state index in [1.54, 1.807) is 49.4 Å². The summed E-state index contributed by atoms with van der Waals surface area (Å²) in [5.41, 5.74) is 12.3. The van der Waals surface area contributed by atoms with Gasteiger partial charge in [0.05, 0.1) is 30.3 Å². The first-order chi connectivity index (χ1) is 18.2. The number of nitrogens with zero attached hydrogens (tertiary/aromatic N) is 2. The molecule has 0 fully saturated rings. The lowest BCUT2D eigenvalue weighted by Crippen LogP contribution is -2.30. The van der Waals surface area contributed by atoms with Gasteiger partial charge < -0.3 is 36.7 Å². The number of nitrogens with one attached hydrogen (secondary N) is 2. The van der Waals surface area contributed by atoms with Crippen molar-refractivity contribution in [1.82, 2.24) is 10.3 Å². The second-order valence-corrected chi connectivity index (χ2v) is 8.97. The van der Waals surface area contributed by atoms with E-state index in [1.807, 2.05) is 0 Å². The van der Waals surface area contributed by atoms with Crippen LogP contribution in [0.1, 0.15) is 43.7 Å². The number of rotatable bonds is 12. The van der Waals surface area contributed by atoms with Crippen LogP contribution in [0, 0.1) is 6.92 Å². The van der Waals surface area contributed by atoms with Gasteiger partial charge in [0.25, 0.3) is 11.8 Å². The van der Waals surface area contributed by atoms with Gasteiger partial charge in [-0.25, -0.2) is 4.98 Å². The molecule has 3 rings (SSSR count). The number of amides is 2. The van der Waals surface area contributed by atoms with Crippen LogP contribution < -0.4 is 26.8 Å². The van der Waals surface area contributed by atoms with Crippen LogP contribution in [-0.4, -0.2) is 54.2 Å². The van der Waals surface area contributed by atoms with E-state index in [1.165, 1.54) is 13.2 Å². The molecule has 7 N–H and O–H groups in total. The molecule has 12 nitrogen and oxygen atoms in total. The standard InChI is InChI=1S/C25H28N6O6S.ClH/c1-14-21(38-25(28-14)31-24(26)27)23(35)29-16-8-9-19(37-11-10-36-2)17(12-16)22(34)30-18(13-20(32)33)15-6-4-3-5-7-15;/h3-9,12,18H,10-11,13H2,1-2H3,(H,29,35)(H,30,34)(H,32,33)(H4,26,27,28,31);1H. The van der Waals surface area contributed by atoms with E-state index < -0.39 is 23.8 Å². The Kier molecular flexibility index (Phi) is 11.7. The number of nitrogens with two attached hydrogens (primary N) is 2. The van der Waals surface area contributed by atoms with Crippen molar-refractivity contribution < 1.29 is 29.0 Å². The summed E-state index contributed by atoms with van der Waals surface area (Å²) in [7, 11) is 1.52. The number of carboxylic acid groups (broad SMARTS) is 1. The van der Waals surface area contributed by atoms with E-state index in [0.29, 0.717) is 21.8 Å². The number of aliphatic imine (C=N–C) groups is 1. The number of carboxylic acids is 1. The van der Waals surface area contributed by atoms with Crippen molar-refractivity contribution in [3.8, 4) is 5.75 Å². The smallest absolute Gasteiger partial charge is 0.305 e. The number of halogens is 1. The summed E-state index contributed by atoms with van der Waals surface area (Å²) in [6.45, 7) is 2.11. The third-order valence-corrected chi connectivity index (χ3v) is 6.18. The van der Waals surface area contributed by atoms with Crippen molar-refractivity contribution in [2.24, 2.45) is 16.5 Å². The second kappa shape index (κ2) is 14.7. The zero-order valence-electron chi connectivity index (χ0n) is 21.2. The third-order valence-electron chi connectivity index (χ3n) is 5.13. The average molecular weight is 577 g/mol. The molecule has 14 heteroatoms. The molecule has 0 spiro atoms. The van der Waals surface area contributed by atoms with E-state index in [9.17, 15) is 19.5 Å². The van der Waals surface area contributed by atoms with E-state index in [-0.39, 0.29) is 54.4 Å². The minimum Gasteiger partial charge on any atom is -0.490 e.